The van der Waals surface area contributed by atoms with Crippen LogP contribution in [0.3, 0.4) is 0 Å². The number of nitrogens with two attached hydrogens (primary N) is 1. The molecule has 1 amide bonds. The lowest BCUT2D eigenvalue weighted by Gasteiger charge is -2.21. The second-order valence-electron chi connectivity index (χ2n) is 4.65. The van der Waals surface area contributed by atoms with Gasteiger partial charge in [-0.3, -0.25) is 0 Å². The molecule has 108 valence electrons. The number of carbonyl (C=O) groups excluding carboxylic acids is 1. The minimum Gasteiger partial charge on any atom is -0.478 e. The molecule has 0 saturated carbocycles. The van der Waals surface area contributed by atoms with Crippen LogP contribution in [0.5, 0.6) is 0 Å². The maximum Gasteiger partial charge on any atom is 0.407 e. The van der Waals surface area contributed by atoms with Gasteiger partial charge in [0.1, 0.15) is 0 Å². The molecule has 7 nitrogen and oxygen atoms in total. The van der Waals surface area contributed by atoms with Crippen molar-refractivity contribution in [2.24, 2.45) is 0 Å². The van der Waals surface area contributed by atoms with Gasteiger partial charge in [-0.1, -0.05) is 0 Å². The van der Waals surface area contributed by atoms with E-state index in [0.717, 1.165) is 6.42 Å². The number of nitrogens with zero attached hydrogens (tertiary/aromatic N) is 1. The third-order valence-corrected chi connectivity index (χ3v) is 3.31. The Morgan fingerprint density at radius 3 is 2.90 bits per heavy atom. The molecule has 4 N–H and O–H groups in total. The van der Waals surface area contributed by atoms with Crippen LogP contribution in [0.2, 0.25) is 0 Å². The predicted octanol–water partition coefficient (Wildman–Crippen LogP) is 0.902. The van der Waals surface area contributed by atoms with Crippen LogP contribution in [0.4, 0.5) is 16.2 Å². The smallest absolute Gasteiger partial charge is 0.407 e. The lowest BCUT2D eigenvalue weighted by Crippen LogP contribution is -2.37. The van der Waals surface area contributed by atoms with Gasteiger partial charge >= 0.3 is 12.1 Å². The fraction of sp³-hybridized carbons (Fsp3) is 0.385. The Morgan fingerprint density at radius 1 is 1.50 bits per heavy atom. The molecule has 0 aliphatic carbocycles. The third kappa shape index (κ3) is 2.93. The number of hydrogen-bond acceptors (Lipinski definition) is 5. The van der Waals surface area contributed by atoms with E-state index >= 15 is 0 Å². The molecule has 1 atom stereocenters. The van der Waals surface area contributed by atoms with Crippen molar-refractivity contribution in [1.82, 2.24) is 5.32 Å². The molecule has 7 heteroatoms. The van der Waals surface area contributed by atoms with Gasteiger partial charge in [-0.2, -0.15) is 0 Å². The molecular weight excluding hydrogens is 262 g/mol. The highest BCUT2D eigenvalue weighted by atomic mass is 16.5. The first-order valence-electron chi connectivity index (χ1n) is 6.23. The summed E-state index contributed by atoms with van der Waals surface area (Å²) in [5.41, 5.74) is 7.29. The molecular formula is C13H17N3O4. The zero-order valence-electron chi connectivity index (χ0n) is 11.1. The summed E-state index contributed by atoms with van der Waals surface area (Å²) in [6, 6.07) is 4.58. The molecule has 0 bridgehead atoms. The SMILES string of the molecule is COC(=O)NC1CCN(c2cc(C(=O)O)ccc2N)C1. The molecule has 1 saturated heterocycles. The Bertz CT molecular complexity index is 532. The largest absolute Gasteiger partial charge is 0.478 e. The summed E-state index contributed by atoms with van der Waals surface area (Å²) in [6.07, 6.45) is 0.287. The number of methoxy groups -OCH3 is 1. The van der Waals surface area contributed by atoms with Gasteiger partial charge in [-0.15, -0.1) is 0 Å². The maximum atomic E-state index is 11.2. The van der Waals surface area contributed by atoms with Crippen molar-refractivity contribution >= 4 is 23.4 Å². The highest BCUT2D eigenvalue weighted by Gasteiger charge is 2.25. The van der Waals surface area contributed by atoms with Gasteiger partial charge in [0, 0.05) is 13.1 Å². The van der Waals surface area contributed by atoms with E-state index in [1.54, 1.807) is 12.1 Å². The van der Waals surface area contributed by atoms with E-state index < -0.39 is 12.1 Å². The van der Waals surface area contributed by atoms with E-state index in [4.69, 9.17) is 10.8 Å². The molecule has 1 heterocycles. The summed E-state index contributed by atoms with van der Waals surface area (Å²) >= 11 is 0. The fourth-order valence-corrected chi connectivity index (χ4v) is 2.27. The van der Waals surface area contributed by atoms with Gasteiger partial charge in [-0.25, -0.2) is 9.59 Å². The summed E-state index contributed by atoms with van der Waals surface area (Å²) in [5.74, 6) is -0.991. The Balaban J connectivity index is 2.11. The molecule has 0 spiro atoms. The Hall–Kier alpha value is -2.44. The number of carbonyl (C=O) groups is 2. The van der Waals surface area contributed by atoms with E-state index in [0.29, 0.717) is 24.5 Å². The number of aromatic carboxylic acids is 1. The molecule has 1 aliphatic rings. The molecule has 1 unspecified atom stereocenters. The molecule has 1 aromatic carbocycles. The van der Waals surface area contributed by atoms with Gasteiger partial charge in [0.25, 0.3) is 0 Å². The average Bonchev–Trinajstić information content (AvgIpc) is 2.87. The van der Waals surface area contributed by atoms with Crippen LogP contribution in [-0.2, 0) is 4.74 Å². The van der Waals surface area contributed by atoms with Crippen LogP contribution in [0.1, 0.15) is 16.8 Å². The highest BCUT2D eigenvalue weighted by molar-refractivity contribution is 5.90. The van der Waals surface area contributed by atoms with Crippen molar-refractivity contribution in [1.29, 1.82) is 0 Å². The average molecular weight is 279 g/mol. The van der Waals surface area contributed by atoms with E-state index in [-0.39, 0.29) is 11.6 Å². The van der Waals surface area contributed by atoms with Crippen molar-refractivity contribution in [2.75, 3.05) is 30.8 Å². The first-order valence-corrected chi connectivity index (χ1v) is 6.23. The van der Waals surface area contributed by atoms with Gasteiger partial charge in [0.2, 0.25) is 0 Å². The maximum absolute atomic E-state index is 11.2. The predicted molar refractivity (Wildman–Crippen MR) is 74.0 cm³/mol. The first-order chi connectivity index (χ1) is 9.51. The van der Waals surface area contributed by atoms with Crippen molar-refractivity contribution in [2.45, 2.75) is 12.5 Å². The zero-order chi connectivity index (χ0) is 14.7. The number of amides is 1. The molecule has 20 heavy (non-hydrogen) atoms. The summed E-state index contributed by atoms with van der Waals surface area (Å²) in [4.78, 5) is 24.1. The number of anilines is 2. The standard InChI is InChI=1S/C13H17N3O4/c1-20-13(19)15-9-4-5-16(7-9)11-6-8(12(17)18)2-3-10(11)14/h2-3,6,9H,4-5,7,14H2,1H3,(H,15,19)(H,17,18). The van der Waals surface area contributed by atoms with E-state index in [2.05, 4.69) is 10.1 Å². The van der Waals surface area contributed by atoms with Crippen molar-refractivity contribution in [3.63, 3.8) is 0 Å². The van der Waals surface area contributed by atoms with Gasteiger partial charge in [0.05, 0.1) is 30.1 Å². The minimum atomic E-state index is -0.991. The van der Waals surface area contributed by atoms with Crippen LogP contribution in [0, 0.1) is 0 Å². The normalized spacial score (nSPS) is 17.9. The number of hydrogen-bond donors (Lipinski definition) is 3. The highest BCUT2D eigenvalue weighted by Crippen LogP contribution is 2.28. The minimum absolute atomic E-state index is 0.0321. The summed E-state index contributed by atoms with van der Waals surface area (Å²) in [6.45, 7) is 1.27. The van der Waals surface area contributed by atoms with Gasteiger partial charge < -0.3 is 25.8 Å². The molecule has 0 aromatic heterocycles. The summed E-state index contributed by atoms with van der Waals surface area (Å²) < 4.78 is 4.56. The summed E-state index contributed by atoms with van der Waals surface area (Å²) in [7, 11) is 1.32. The van der Waals surface area contributed by atoms with Crippen molar-refractivity contribution in [3.8, 4) is 0 Å². The topological polar surface area (TPSA) is 105 Å². The summed E-state index contributed by atoms with van der Waals surface area (Å²) in [5, 5.41) is 11.7. The lowest BCUT2D eigenvalue weighted by atomic mass is 10.1. The van der Waals surface area contributed by atoms with Gasteiger partial charge in [-0.05, 0) is 24.6 Å². The van der Waals surface area contributed by atoms with Crippen LogP contribution in [0.15, 0.2) is 18.2 Å². The number of carboxylic acid groups (broad SMARTS) is 1. The molecule has 0 radical (unpaired) electrons. The number of rotatable bonds is 3. The second kappa shape index (κ2) is 5.68. The fourth-order valence-electron chi connectivity index (χ4n) is 2.27. The number of carboxylic acids is 1. The number of alkyl carbamates (subject to hydrolysis) is 1. The molecule has 1 aromatic rings. The number of nitrogen functional groups attached to an aromatic ring is 1. The number of ether oxygens (including phenoxy) is 1. The lowest BCUT2D eigenvalue weighted by molar-refractivity contribution is 0.0697. The van der Waals surface area contributed by atoms with Crippen LogP contribution in [0.25, 0.3) is 0 Å². The van der Waals surface area contributed by atoms with E-state index in [1.807, 2.05) is 4.90 Å². The number of nitrogens with one attached hydrogen (secondary N) is 1. The van der Waals surface area contributed by atoms with Crippen LogP contribution < -0.4 is 16.0 Å². The third-order valence-electron chi connectivity index (χ3n) is 3.31. The van der Waals surface area contributed by atoms with Crippen molar-refractivity contribution in [3.05, 3.63) is 23.8 Å². The quantitative estimate of drug-likeness (QED) is 0.710. The van der Waals surface area contributed by atoms with Crippen LogP contribution in [-0.4, -0.2) is 43.4 Å². The first kappa shape index (κ1) is 14.0. The Labute approximate surface area is 116 Å². The zero-order valence-corrected chi connectivity index (χ0v) is 11.1. The van der Waals surface area contributed by atoms with Gasteiger partial charge in [0.15, 0.2) is 0 Å². The van der Waals surface area contributed by atoms with E-state index in [1.165, 1.54) is 13.2 Å². The molecule has 1 fully saturated rings. The second-order valence-corrected chi connectivity index (χ2v) is 4.65. The van der Waals surface area contributed by atoms with E-state index in [9.17, 15) is 9.59 Å². The Morgan fingerprint density at radius 2 is 2.25 bits per heavy atom. The molecule has 2 rings (SSSR count). The molecule has 1 aliphatic heterocycles. The monoisotopic (exact) mass is 279 g/mol. The number of benzene rings is 1. The van der Waals surface area contributed by atoms with Crippen LogP contribution >= 0.6 is 0 Å². The van der Waals surface area contributed by atoms with Crippen molar-refractivity contribution < 1.29 is 19.4 Å². The Kier molecular flexibility index (Phi) is 3.97.